The molecule has 1 aromatic rings. The second kappa shape index (κ2) is 6.94. The Morgan fingerprint density at radius 2 is 2.29 bits per heavy atom. The van der Waals surface area contributed by atoms with Crippen LogP contribution in [0.5, 0.6) is 0 Å². The number of nitrogens with zero attached hydrogens (tertiary/aromatic N) is 1. The third-order valence-electron chi connectivity index (χ3n) is 1.50. The normalized spacial score (nSPS) is 10.1. The summed E-state index contributed by atoms with van der Waals surface area (Å²) >= 11 is 2.20. The maximum absolute atomic E-state index is 11.6. The van der Waals surface area contributed by atoms with Crippen molar-refractivity contribution in [2.75, 3.05) is 31.7 Å². The van der Waals surface area contributed by atoms with Crippen LogP contribution in [0, 0.1) is 3.57 Å². The Kier molecular flexibility index (Phi) is 5.77. The molecule has 0 radical (unpaired) electrons. The van der Waals surface area contributed by atoms with Crippen molar-refractivity contribution in [2.45, 2.75) is 0 Å². The van der Waals surface area contributed by atoms with Gasteiger partial charge in [0.15, 0.2) is 0 Å². The lowest BCUT2D eigenvalue weighted by molar-refractivity contribution is 0.128. The molecular formula is C9H12FIN2O. The summed E-state index contributed by atoms with van der Waals surface area (Å²) in [5.74, 6) is 0.814. The van der Waals surface area contributed by atoms with Crippen LogP contribution in [0.15, 0.2) is 18.3 Å². The first-order valence-corrected chi connectivity index (χ1v) is 5.40. The second-order valence-corrected chi connectivity index (χ2v) is 3.84. The molecule has 1 rings (SSSR count). The van der Waals surface area contributed by atoms with Gasteiger partial charge in [0.05, 0.1) is 13.2 Å². The molecule has 0 bridgehead atoms. The van der Waals surface area contributed by atoms with Crippen LogP contribution in [0.3, 0.4) is 0 Å². The van der Waals surface area contributed by atoms with Gasteiger partial charge in [0, 0.05) is 16.3 Å². The maximum Gasteiger partial charge on any atom is 0.126 e. The molecule has 78 valence electrons. The minimum atomic E-state index is -0.429. The highest BCUT2D eigenvalue weighted by atomic mass is 127. The fourth-order valence-electron chi connectivity index (χ4n) is 0.888. The summed E-state index contributed by atoms with van der Waals surface area (Å²) in [6.07, 6.45) is 1.78. The number of rotatable bonds is 6. The van der Waals surface area contributed by atoms with E-state index in [0.29, 0.717) is 13.2 Å². The molecule has 0 saturated carbocycles. The SMILES string of the molecule is FCCOCCNc1ccc(I)cn1. The van der Waals surface area contributed by atoms with Crippen LogP contribution in [0.4, 0.5) is 10.2 Å². The van der Waals surface area contributed by atoms with Gasteiger partial charge < -0.3 is 10.1 Å². The van der Waals surface area contributed by atoms with Gasteiger partial charge in [-0.05, 0) is 34.7 Å². The van der Waals surface area contributed by atoms with Crippen molar-refractivity contribution < 1.29 is 9.13 Å². The number of hydrogen-bond donors (Lipinski definition) is 1. The minimum absolute atomic E-state index is 0.168. The zero-order valence-corrected chi connectivity index (χ0v) is 9.83. The maximum atomic E-state index is 11.6. The topological polar surface area (TPSA) is 34.1 Å². The van der Waals surface area contributed by atoms with Gasteiger partial charge in [0.1, 0.15) is 12.5 Å². The first-order chi connectivity index (χ1) is 6.83. The molecule has 5 heteroatoms. The zero-order chi connectivity index (χ0) is 10.2. The Labute approximate surface area is 96.2 Å². The van der Waals surface area contributed by atoms with E-state index in [0.717, 1.165) is 9.39 Å². The van der Waals surface area contributed by atoms with Crippen molar-refractivity contribution in [1.29, 1.82) is 0 Å². The number of anilines is 1. The molecule has 0 unspecified atom stereocenters. The van der Waals surface area contributed by atoms with Crippen LogP contribution < -0.4 is 5.32 Å². The smallest absolute Gasteiger partial charge is 0.126 e. The van der Waals surface area contributed by atoms with Crippen molar-refractivity contribution in [1.82, 2.24) is 4.98 Å². The van der Waals surface area contributed by atoms with E-state index in [4.69, 9.17) is 4.74 Å². The predicted octanol–water partition coefficient (Wildman–Crippen LogP) is 2.08. The number of aromatic nitrogens is 1. The fourth-order valence-corrected chi connectivity index (χ4v) is 1.21. The quantitative estimate of drug-likeness (QED) is 0.645. The largest absolute Gasteiger partial charge is 0.377 e. The highest BCUT2D eigenvalue weighted by Gasteiger charge is 1.92. The average molecular weight is 310 g/mol. The van der Waals surface area contributed by atoms with Gasteiger partial charge in [0.2, 0.25) is 0 Å². The van der Waals surface area contributed by atoms with E-state index >= 15 is 0 Å². The Bertz CT molecular complexity index is 255. The van der Waals surface area contributed by atoms with Crippen molar-refractivity contribution in [3.05, 3.63) is 21.9 Å². The van der Waals surface area contributed by atoms with Crippen LogP contribution in [-0.2, 0) is 4.74 Å². The first-order valence-electron chi connectivity index (χ1n) is 4.32. The molecule has 0 spiro atoms. The van der Waals surface area contributed by atoms with E-state index in [1.54, 1.807) is 6.20 Å². The summed E-state index contributed by atoms with van der Waals surface area (Å²) in [6.45, 7) is 0.884. The molecular weight excluding hydrogens is 298 g/mol. The monoisotopic (exact) mass is 310 g/mol. The van der Waals surface area contributed by atoms with Gasteiger partial charge in [-0.1, -0.05) is 0 Å². The summed E-state index contributed by atoms with van der Waals surface area (Å²) < 4.78 is 17.7. The fraction of sp³-hybridized carbons (Fsp3) is 0.444. The molecule has 1 N–H and O–H groups in total. The molecule has 3 nitrogen and oxygen atoms in total. The van der Waals surface area contributed by atoms with Gasteiger partial charge in [-0.2, -0.15) is 0 Å². The molecule has 0 fully saturated rings. The molecule has 0 saturated heterocycles. The molecule has 14 heavy (non-hydrogen) atoms. The summed E-state index contributed by atoms with van der Waals surface area (Å²) in [5, 5.41) is 3.07. The van der Waals surface area contributed by atoms with Crippen molar-refractivity contribution >= 4 is 28.4 Å². The van der Waals surface area contributed by atoms with Crippen molar-refractivity contribution in [3.63, 3.8) is 0 Å². The number of nitrogens with one attached hydrogen (secondary N) is 1. The van der Waals surface area contributed by atoms with Gasteiger partial charge >= 0.3 is 0 Å². The van der Waals surface area contributed by atoms with Gasteiger partial charge in [-0.3, -0.25) is 0 Å². The third-order valence-corrected chi connectivity index (χ3v) is 2.14. The number of pyridine rings is 1. The number of hydrogen-bond acceptors (Lipinski definition) is 3. The lowest BCUT2D eigenvalue weighted by Gasteiger charge is -2.05. The van der Waals surface area contributed by atoms with Gasteiger partial charge in [-0.25, -0.2) is 9.37 Å². The molecule has 0 aromatic carbocycles. The Balaban J connectivity index is 2.15. The van der Waals surface area contributed by atoms with Crippen LogP contribution in [0.1, 0.15) is 0 Å². The van der Waals surface area contributed by atoms with Gasteiger partial charge in [0.25, 0.3) is 0 Å². The zero-order valence-electron chi connectivity index (χ0n) is 7.67. The minimum Gasteiger partial charge on any atom is -0.377 e. The molecule has 1 aromatic heterocycles. The second-order valence-electron chi connectivity index (χ2n) is 2.59. The summed E-state index contributed by atoms with van der Waals surface area (Å²) in [6, 6.07) is 3.87. The van der Waals surface area contributed by atoms with Crippen molar-refractivity contribution in [2.24, 2.45) is 0 Å². The Morgan fingerprint density at radius 1 is 1.43 bits per heavy atom. The summed E-state index contributed by atoms with van der Waals surface area (Å²) in [7, 11) is 0. The van der Waals surface area contributed by atoms with Gasteiger partial charge in [-0.15, -0.1) is 0 Å². The number of halogens is 2. The molecule has 0 aliphatic rings. The van der Waals surface area contributed by atoms with E-state index in [1.165, 1.54) is 0 Å². The summed E-state index contributed by atoms with van der Waals surface area (Å²) in [4.78, 5) is 4.15. The molecule has 1 heterocycles. The highest BCUT2D eigenvalue weighted by Crippen LogP contribution is 2.06. The predicted molar refractivity (Wildman–Crippen MR) is 62.2 cm³/mol. The third kappa shape index (κ3) is 4.71. The summed E-state index contributed by atoms with van der Waals surface area (Å²) in [5.41, 5.74) is 0. The van der Waals surface area contributed by atoms with Crippen LogP contribution in [0.2, 0.25) is 0 Å². The van der Waals surface area contributed by atoms with E-state index in [-0.39, 0.29) is 6.61 Å². The van der Waals surface area contributed by atoms with E-state index < -0.39 is 6.67 Å². The van der Waals surface area contributed by atoms with Crippen LogP contribution >= 0.6 is 22.6 Å². The number of ether oxygens (including phenoxy) is 1. The Hall–Kier alpha value is -0.430. The van der Waals surface area contributed by atoms with E-state index in [1.807, 2.05) is 12.1 Å². The lowest BCUT2D eigenvalue weighted by Crippen LogP contribution is -2.11. The van der Waals surface area contributed by atoms with Crippen LogP contribution in [0.25, 0.3) is 0 Å². The average Bonchev–Trinajstić information content (AvgIpc) is 2.21. The van der Waals surface area contributed by atoms with Crippen molar-refractivity contribution in [3.8, 4) is 0 Å². The Morgan fingerprint density at radius 3 is 2.93 bits per heavy atom. The standard InChI is InChI=1S/C9H12FIN2O/c10-3-5-14-6-4-12-9-2-1-8(11)7-13-9/h1-2,7H,3-6H2,(H,12,13). The number of alkyl halides is 1. The van der Waals surface area contributed by atoms with E-state index in [9.17, 15) is 4.39 Å². The van der Waals surface area contributed by atoms with Crippen LogP contribution in [-0.4, -0.2) is 31.4 Å². The van der Waals surface area contributed by atoms with E-state index in [2.05, 4.69) is 32.9 Å². The first kappa shape index (κ1) is 11.6. The molecule has 0 atom stereocenters. The lowest BCUT2D eigenvalue weighted by atomic mass is 10.4. The highest BCUT2D eigenvalue weighted by molar-refractivity contribution is 14.1. The molecule has 0 amide bonds. The molecule has 0 aliphatic heterocycles. The molecule has 0 aliphatic carbocycles.